The van der Waals surface area contributed by atoms with Crippen molar-refractivity contribution in [1.82, 2.24) is 19.5 Å². The quantitative estimate of drug-likeness (QED) is 0.224. The zero-order valence-corrected chi connectivity index (χ0v) is 19.0. The molecule has 162 valence electrons. The van der Waals surface area contributed by atoms with Crippen LogP contribution in [0.25, 0.3) is 21.9 Å². The number of nitrogens with zero attached hydrogens (tertiary/aromatic N) is 4. The summed E-state index contributed by atoms with van der Waals surface area (Å²) in [4.78, 5) is 26.3. The summed E-state index contributed by atoms with van der Waals surface area (Å²) in [5.74, 6) is 6.79. The maximum absolute atomic E-state index is 11.6. The predicted octanol–water partition coefficient (Wildman–Crippen LogP) is 4.99. The number of unbranched alkanes of at least 4 members (excludes halogenated alkanes) is 3. The second kappa shape index (κ2) is 9.77. The molecule has 0 spiro atoms. The fraction of sp³-hybridized carbons (Fsp3) is 0.455. The number of hydrogen-bond donors (Lipinski definition) is 0. The largest absolute Gasteiger partial charge is 0.458 e. The molecule has 0 N–H and O–H groups in total. The molecule has 1 saturated heterocycles. The Kier molecular flexibility index (Phi) is 6.86. The number of hydrogen-bond acceptors (Lipinski definition) is 7. The van der Waals surface area contributed by atoms with E-state index in [2.05, 4.69) is 28.7 Å². The molecule has 0 saturated carbocycles. The number of esters is 1. The first-order valence-corrected chi connectivity index (χ1v) is 11.6. The highest BCUT2D eigenvalue weighted by molar-refractivity contribution is 7.13. The molecule has 1 aliphatic rings. The number of ether oxygens (including phenoxy) is 2. The first-order chi connectivity index (χ1) is 15.1. The van der Waals surface area contributed by atoms with Crippen molar-refractivity contribution >= 4 is 40.1 Å². The Balaban J connectivity index is 1.81. The van der Waals surface area contributed by atoms with E-state index < -0.39 is 12.3 Å². The molecule has 4 heterocycles. The highest BCUT2D eigenvalue weighted by Gasteiger charge is 2.36. The standard InChI is InChI=1S/C22H23ClN4O3S/c1-3-4-5-6-7-10-17-24-19(23)18-21(25-17)27(20(26-18)16-9-8-13-31-16)22-15(11-12-29-22)30-14(2)28/h8-9,13,15,22H,3-6,11-12H2,1-2H3/t15-,22-/m1/s1. The van der Waals surface area contributed by atoms with Crippen molar-refractivity contribution in [3.63, 3.8) is 0 Å². The fourth-order valence-corrected chi connectivity index (χ4v) is 4.47. The number of rotatable bonds is 6. The molecule has 31 heavy (non-hydrogen) atoms. The Morgan fingerprint density at radius 2 is 2.26 bits per heavy atom. The number of carbonyl (C=O) groups is 1. The molecule has 2 atom stereocenters. The van der Waals surface area contributed by atoms with Crippen LogP contribution in [0.4, 0.5) is 0 Å². The molecular formula is C22H23ClN4O3S. The minimum absolute atomic E-state index is 0.237. The minimum Gasteiger partial charge on any atom is -0.458 e. The van der Waals surface area contributed by atoms with E-state index in [4.69, 9.17) is 26.1 Å². The Morgan fingerprint density at radius 3 is 3.00 bits per heavy atom. The van der Waals surface area contributed by atoms with E-state index in [0.717, 1.165) is 30.6 Å². The lowest BCUT2D eigenvalue weighted by Gasteiger charge is -2.21. The second-order valence-electron chi connectivity index (χ2n) is 7.25. The third-order valence-electron chi connectivity index (χ3n) is 4.93. The van der Waals surface area contributed by atoms with Crippen molar-refractivity contribution in [3.8, 4) is 22.5 Å². The van der Waals surface area contributed by atoms with E-state index >= 15 is 0 Å². The first kappa shape index (κ1) is 21.8. The van der Waals surface area contributed by atoms with Gasteiger partial charge < -0.3 is 9.47 Å². The Hall–Kier alpha value is -2.47. The smallest absolute Gasteiger partial charge is 0.303 e. The van der Waals surface area contributed by atoms with Crippen molar-refractivity contribution in [3.05, 3.63) is 28.5 Å². The molecule has 0 bridgehead atoms. The predicted molar refractivity (Wildman–Crippen MR) is 120 cm³/mol. The minimum atomic E-state index is -0.553. The van der Waals surface area contributed by atoms with Gasteiger partial charge in [-0.05, 0) is 23.8 Å². The van der Waals surface area contributed by atoms with Crippen LogP contribution in [0, 0.1) is 11.8 Å². The average Bonchev–Trinajstić information content (AvgIpc) is 3.46. The second-order valence-corrected chi connectivity index (χ2v) is 8.56. The summed E-state index contributed by atoms with van der Waals surface area (Å²) >= 11 is 8.03. The van der Waals surface area contributed by atoms with Crippen LogP contribution in [0.5, 0.6) is 0 Å². The van der Waals surface area contributed by atoms with Crippen LogP contribution in [0.2, 0.25) is 5.15 Å². The van der Waals surface area contributed by atoms with Gasteiger partial charge >= 0.3 is 5.97 Å². The molecule has 0 amide bonds. The van der Waals surface area contributed by atoms with Crippen LogP contribution >= 0.6 is 22.9 Å². The number of halogens is 1. The van der Waals surface area contributed by atoms with Crippen molar-refractivity contribution in [2.75, 3.05) is 6.61 Å². The maximum atomic E-state index is 11.6. The van der Waals surface area contributed by atoms with Crippen LogP contribution in [-0.4, -0.2) is 38.2 Å². The SMILES string of the molecule is CCCCCC#Cc1nc(Cl)c2nc(-c3cccs3)n([C@@H]3OCC[C@H]3OC(C)=O)c2n1. The first-order valence-electron chi connectivity index (χ1n) is 10.4. The summed E-state index contributed by atoms with van der Waals surface area (Å²) in [7, 11) is 0. The number of carbonyl (C=O) groups excluding carboxylic acids is 1. The van der Waals surface area contributed by atoms with Crippen molar-refractivity contribution < 1.29 is 14.3 Å². The maximum Gasteiger partial charge on any atom is 0.303 e. The molecule has 3 aromatic rings. The van der Waals surface area contributed by atoms with Crippen LogP contribution in [-0.2, 0) is 14.3 Å². The number of thiophene rings is 1. The summed E-state index contributed by atoms with van der Waals surface area (Å²) in [6, 6.07) is 3.91. The topological polar surface area (TPSA) is 79.1 Å². The Labute approximate surface area is 189 Å². The van der Waals surface area contributed by atoms with Gasteiger partial charge in [0, 0.05) is 19.8 Å². The third-order valence-corrected chi connectivity index (χ3v) is 6.05. The molecule has 7 nitrogen and oxygen atoms in total. The normalized spacial score (nSPS) is 18.2. The van der Waals surface area contributed by atoms with Crippen molar-refractivity contribution in [2.24, 2.45) is 0 Å². The Bertz CT molecular complexity index is 1130. The van der Waals surface area contributed by atoms with E-state index in [1.54, 1.807) is 11.3 Å². The molecule has 4 rings (SSSR count). The zero-order valence-electron chi connectivity index (χ0n) is 17.4. The molecule has 9 heteroatoms. The van der Waals surface area contributed by atoms with Gasteiger partial charge in [-0.3, -0.25) is 9.36 Å². The van der Waals surface area contributed by atoms with Gasteiger partial charge in [0.2, 0.25) is 5.82 Å². The lowest BCUT2D eigenvalue weighted by molar-refractivity contribution is -0.151. The van der Waals surface area contributed by atoms with E-state index in [9.17, 15) is 4.79 Å². The number of fused-ring (bicyclic) bond motifs is 1. The van der Waals surface area contributed by atoms with Gasteiger partial charge in [0.25, 0.3) is 0 Å². The lowest BCUT2D eigenvalue weighted by Crippen LogP contribution is -2.25. The molecule has 0 aromatic carbocycles. The van der Waals surface area contributed by atoms with Gasteiger partial charge in [-0.2, -0.15) is 0 Å². The van der Waals surface area contributed by atoms with Crippen molar-refractivity contribution in [1.29, 1.82) is 0 Å². The van der Waals surface area contributed by atoms with Crippen LogP contribution in [0.3, 0.4) is 0 Å². The molecule has 0 aliphatic carbocycles. The third kappa shape index (κ3) is 4.74. The van der Waals surface area contributed by atoms with E-state index in [1.807, 2.05) is 22.1 Å². The van der Waals surface area contributed by atoms with Crippen LogP contribution in [0.15, 0.2) is 17.5 Å². The molecule has 0 unspecified atom stereocenters. The van der Waals surface area contributed by atoms with Gasteiger partial charge in [-0.1, -0.05) is 43.4 Å². The summed E-state index contributed by atoms with van der Waals surface area (Å²) in [6.45, 7) is 4.02. The Morgan fingerprint density at radius 1 is 1.39 bits per heavy atom. The van der Waals surface area contributed by atoms with Crippen LogP contribution in [0.1, 0.15) is 58.0 Å². The molecular weight excluding hydrogens is 436 g/mol. The number of aromatic nitrogens is 4. The molecule has 3 aromatic heterocycles. The van der Waals surface area contributed by atoms with Gasteiger partial charge in [-0.15, -0.1) is 11.3 Å². The van der Waals surface area contributed by atoms with Crippen LogP contribution < -0.4 is 0 Å². The van der Waals surface area contributed by atoms with Crippen molar-refractivity contribution in [2.45, 2.75) is 58.3 Å². The van der Waals surface area contributed by atoms with E-state index in [0.29, 0.717) is 35.8 Å². The van der Waals surface area contributed by atoms with Gasteiger partial charge in [0.15, 0.2) is 22.9 Å². The lowest BCUT2D eigenvalue weighted by atomic mass is 10.2. The number of imidazole rings is 1. The summed E-state index contributed by atoms with van der Waals surface area (Å²) in [5, 5.41) is 2.21. The molecule has 1 aliphatic heterocycles. The molecule has 0 radical (unpaired) electrons. The van der Waals surface area contributed by atoms with Gasteiger partial charge in [0.05, 0.1) is 11.5 Å². The zero-order chi connectivity index (χ0) is 21.8. The van der Waals surface area contributed by atoms with Gasteiger partial charge in [-0.25, -0.2) is 15.0 Å². The molecule has 1 fully saturated rings. The summed E-state index contributed by atoms with van der Waals surface area (Å²) < 4.78 is 13.4. The van der Waals surface area contributed by atoms with E-state index in [1.165, 1.54) is 6.92 Å². The fourth-order valence-electron chi connectivity index (χ4n) is 3.55. The summed E-state index contributed by atoms with van der Waals surface area (Å²) in [5.41, 5.74) is 0.990. The van der Waals surface area contributed by atoms with E-state index in [-0.39, 0.29) is 11.1 Å². The highest BCUT2D eigenvalue weighted by Crippen LogP contribution is 2.37. The summed E-state index contributed by atoms with van der Waals surface area (Å²) in [6.07, 6.45) is 3.71. The average molecular weight is 459 g/mol. The highest BCUT2D eigenvalue weighted by atomic mass is 35.5. The van der Waals surface area contributed by atoms with Gasteiger partial charge in [0.1, 0.15) is 11.6 Å². The monoisotopic (exact) mass is 458 g/mol.